The largest absolute Gasteiger partial charge is 0.404 e. The van der Waals surface area contributed by atoms with Gasteiger partial charge in [-0.05, 0) is 30.7 Å². The molecule has 6 heteroatoms. The first kappa shape index (κ1) is 13.3. The lowest BCUT2D eigenvalue weighted by Crippen LogP contribution is -1.96. The van der Waals surface area contributed by atoms with Gasteiger partial charge in [0.2, 0.25) is 5.88 Å². The van der Waals surface area contributed by atoms with E-state index in [1.807, 2.05) is 30.3 Å². The highest BCUT2D eigenvalue weighted by Gasteiger charge is 2.08. The fraction of sp³-hybridized carbons (Fsp3) is 0.133. The summed E-state index contributed by atoms with van der Waals surface area (Å²) >= 11 is 0. The van der Waals surface area contributed by atoms with Crippen molar-refractivity contribution in [1.82, 2.24) is 19.7 Å². The molecule has 0 spiro atoms. The molecule has 0 aliphatic rings. The van der Waals surface area contributed by atoms with Crippen LogP contribution in [-0.4, -0.2) is 24.9 Å². The number of nitrogens with zero attached hydrogens (tertiary/aromatic N) is 4. The van der Waals surface area contributed by atoms with E-state index in [-0.39, 0.29) is 6.01 Å². The van der Waals surface area contributed by atoms with Crippen LogP contribution in [0.15, 0.2) is 55.0 Å². The number of aliphatic hydroxyl groups excluding tert-OH is 1. The van der Waals surface area contributed by atoms with Crippen LogP contribution in [0.2, 0.25) is 0 Å². The van der Waals surface area contributed by atoms with Gasteiger partial charge in [-0.1, -0.05) is 18.2 Å². The average Bonchev–Trinajstić information content (AvgIpc) is 2.97. The van der Waals surface area contributed by atoms with Crippen molar-refractivity contribution in [3.63, 3.8) is 0 Å². The first-order valence-electron chi connectivity index (χ1n) is 6.51. The molecule has 3 aromatic rings. The Balaban J connectivity index is 1.80. The second-order valence-corrected chi connectivity index (χ2v) is 4.51. The Labute approximate surface area is 121 Å². The molecule has 2 heterocycles. The molecule has 0 aliphatic heterocycles. The molecule has 0 radical (unpaired) electrons. The number of hydrogen-bond acceptors (Lipinski definition) is 5. The van der Waals surface area contributed by atoms with E-state index >= 15 is 0 Å². The van der Waals surface area contributed by atoms with Crippen LogP contribution < -0.4 is 4.74 Å². The second-order valence-electron chi connectivity index (χ2n) is 4.51. The first-order valence-corrected chi connectivity index (χ1v) is 6.51. The molecule has 106 valence electrons. The van der Waals surface area contributed by atoms with E-state index in [1.165, 1.54) is 0 Å². The van der Waals surface area contributed by atoms with Gasteiger partial charge in [0.05, 0.1) is 11.8 Å². The Morgan fingerprint density at radius 1 is 1.14 bits per heavy atom. The predicted molar refractivity (Wildman–Crippen MR) is 76.3 cm³/mol. The molecular weight excluding hydrogens is 268 g/mol. The van der Waals surface area contributed by atoms with Crippen LogP contribution in [0.25, 0.3) is 5.69 Å². The van der Waals surface area contributed by atoms with Crippen molar-refractivity contribution >= 4 is 0 Å². The van der Waals surface area contributed by atoms with Crippen molar-refractivity contribution in [2.24, 2.45) is 0 Å². The summed E-state index contributed by atoms with van der Waals surface area (Å²) < 4.78 is 7.12. The summed E-state index contributed by atoms with van der Waals surface area (Å²) in [6, 6.07) is 13.2. The molecule has 0 bridgehead atoms. The summed E-state index contributed by atoms with van der Waals surface area (Å²) in [6.07, 6.45) is 2.57. The van der Waals surface area contributed by atoms with Gasteiger partial charge in [-0.2, -0.15) is 4.98 Å². The van der Waals surface area contributed by atoms with Gasteiger partial charge in [0.15, 0.2) is 0 Å². The van der Waals surface area contributed by atoms with Gasteiger partial charge in [-0.3, -0.25) is 0 Å². The highest BCUT2D eigenvalue weighted by Crippen LogP contribution is 2.20. The van der Waals surface area contributed by atoms with Gasteiger partial charge in [0, 0.05) is 12.3 Å². The predicted octanol–water partition coefficient (Wildman–Crippen LogP) is 2.51. The average molecular weight is 282 g/mol. The molecule has 1 atom stereocenters. The van der Waals surface area contributed by atoms with Crippen LogP contribution in [-0.2, 0) is 0 Å². The number of aromatic nitrogens is 4. The van der Waals surface area contributed by atoms with Crippen molar-refractivity contribution in [3.05, 3.63) is 60.6 Å². The lowest BCUT2D eigenvalue weighted by molar-refractivity contribution is 0.198. The van der Waals surface area contributed by atoms with E-state index in [0.717, 1.165) is 11.3 Å². The maximum atomic E-state index is 9.55. The molecular formula is C15H14N4O2. The zero-order chi connectivity index (χ0) is 14.7. The van der Waals surface area contributed by atoms with Crippen molar-refractivity contribution in [3.8, 4) is 17.6 Å². The van der Waals surface area contributed by atoms with Crippen molar-refractivity contribution in [1.29, 1.82) is 0 Å². The van der Waals surface area contributed by atoms with E-state index < -0.39 is 6.10 Å². The fourth-order valence-corrected chi connectivity index (χ4v) is 1.83. The number of hydrogen-bond donors (Lipinski definition) is 1. The monoisotopic (exact) mass is 282 g/mol. The Hall–Kier alpha value is -2.73. The minimum absolute atomic E-state index is 0.203. The number of rotatable bonds is 4. The van der Waals surface area contributed by atoms with E-state index in [2.05, 4.69) is 15.1 Å². The molecule has 2 aromatic heterocycles. The highest BCUT2D eigenvalue weighted by atomic mass is 16.5. The van der Waals surface area contributed by atoms with Gasteiger partial charge in [0.1, 0.15) is 6.33 Å². The molecule has 0 unspecified atom stereocenters. The molecule has 21 heavy (non-hydrogen) atoms. The lowest BCUT2D eigenvalue weighted by Gasteiger charge is -2.05. The first-order chi connectivity index (χ1) is 10.2. The summed E-state index contributed by atoms with van der Waals surface area (Å²) in [5, 5.41) is 13.8. The smallest absolute Gasteiger partial charge is 0.342 e. The zero-order valence-corrected chi connectivity index (χ0v) is 11.4. The summed E-state index contributed by atoms with van der Waals surface area (Å²) in [4.78, 5) is 8.17. The van der Waals surface area contributed by atoms with Crippen molar-refractivity contribution in [2.75, 3.05) is 0 Å². The molecule has 1 aromatic carbocycles. The maximum Gasteiger partial charge on any atom is 0.342 e. The third-order valence-electron chi connectivity index (χ3n) is 2.93. The second kappa shape index (κ2) is 5.72. The fourth-order valence-electron chi connectivity index (χ4n) is 1.83. The van der Waals surface area contributed by atoms with Crippen LogP contribution >= 0.6 is 0 Å². The van der Waals surface area contributed by atoms with E-state index in [1.54, 1.807) is 36.3 Å². The number of benzene rings is 1. The molecule has 0 saturated heterocycles. The number of para-hydroxylation sites is 1. The third-order valence-corrected chi connectivity index (χ3v) is 2.93. The Bertz CT molecular complexity index is 725. The van der Waals surface area contributed by atoms with Gasteiger partial charge in [-0.25, -0.2) is 9.67 Å². The molecule has 6 nitrogen and oxygen atoms in total. The Morgan fingerprint density at radius 2 is 1.95 bits per heavy atom. The standard InChI is InChI=1S/C15H14N4O2/c1-11(20)12-7-8-16-14(9-12)21-15-17-10-19(18-15)13-5-3-2-4-6-13/h2-11,20H,1H3/t11-/m0/s1. The number of ether oxygens (including phenoxy) is 1. The summed E-state index contributed by atoms with van der Waals surface area (Å²) in [6.45, 7) is 1.68. The summed E-state index contributed by atoms with van der Waals surface area (Å²) in [5.74, 6) is 0.346. The number of aliphatic hydroxyl groups is 1. The summed E-state index contributed by atoms with van der Waals surface area (Å²) in [7, 11) is 0. The maximum absolute atomic E-state index is 9.55. The minimum atomic E-state index is -0.579. The number of pyridine rings is 1. The van der Waals surface area contributed by atoms with E-state index in [9.17, 15) is 5.11 Å². The van der Waals surface area contributed by atoms with E-state index in [0.29, 0.717) is 5.88 Å². The normalized spacial score (nSPS) is 12.1. The molecule has 0 saturated carbocycles. The van der Waals surface area contributed by atoms with Gasteiger partial charge < -0.3 is 9.84 Å². The van der Waals surface area contributed by atoms with E-state index in [4.69, 9.17) is 4.74 Å². The zero-order valence-electron chi connectivity index (χ0n) is 11.4. The Kier molecular flexibility index (Phi) is 3.61. The molecule has 0 fully saturated rings. The third kappa shape index (κ3) is 3.06. The Morgan fingerprint density at radius 3 is 2.71 bits per heavy atom. The minimum Gasteiger partial charge on any atom is -0.404 e. The topological polar surface area (TPSA) is 73.1 Å². The molecule has 3 rings (SSSR count). The lowest BCUT2D eigenvalue weighted by atomic mass is 10.2. The van der Waals surface area contributed by atoms with Crippen molar-refractivity contribution in [2.45, 2.75) is 13.0 Å². The van der Waals surface area contributed by atoms with Crippen molar-refractivity contribution < 1.29 is 9.84 Å². The SMILES string of the molecule is C[C@H](O)c1ccnc(Oc2ncn(-c3ccccc3)n2)c1. The van der Waals surface area contributed by atoms with Crippen LogP contribution in [0.1, 0.15) is 18.6 Å². The van der Waals surface area contributed by atoms with Gasteiger partial charge >= 0.3 is 6.01 Å². The van der Waals surface area contributed by atoms with Gasteiger partial charge in [0.25, 0.3) is 0 Å². The van der Waals surface area contributed by atoms with Crippen LogP contribution in [0, 0.1) is 0 Å². The summed E-state index contributed by atoms with van der Waals surface area (Å²) in [5.41, 5.74) is 1.62. The van der Waals surface area contributed by atoms with Crippen LogP contribution in [0.5, 0.6) is 11.9 Å². The quantitative estimate of drug-likeness (QED) is 0.796. The molecule has 0 amide bonds. The highest BCUT2D eigenvalue weighted by molar-refractivity contribution is 5.30. The van der Waals surface area contributed by atoms with Crippen LogP contribution in [0.3, 0.4) is 0 Å². The van der Waals surface area contributed by atoms with Crippen LogP contribution in [0.4, 0.5) is 0 Å². The van der Waals surface area contributed by atoms with Gasteiger partial charge in [-0.15, -0.1) is 5.10 Å². The molecule has 1 N–H and O–H groups in total. The molecule has 0 aliphatic carbocycles.